The Morgan fingerprint density at radius 1 is 1.11 bits per heavy atom. The number of ether oxygens (including phenoxy) is 1. The zero-order valence-electron chi connectivity index (χ0n) is 20.0. The van der Waals surface area contributed by atoms with Crippen LogP contribution in [0.4, 0.5) is 0 Å². The van der Waals surface area contributed by atoms with Crippen molar-refractivity contribution >= 4 is 34.8 Å². The maximum atomic E-state index is 13.7. The molecule has 1 aromatic heterocycles. The lowest BCUT2D eigenvalue weighted by molar-refractivity contribution is -0.135. The third-order valence-electron chi connectivity index (χ3n) is 6.88. The molecule has 7 heteroatoms. The average molecular weight is 509 g/mol. The number of aryl methyl sites for hydroxylation is 2. The molecule has 0 unspecified atom stereocenters. The van der Waals surface area contributed by atoms with Crippen LogP contribution in [0.5, 0.6) is 5.75 Å². The molecule has 1 aliphatic carbocycles. The second kappa shape index (κ2) is 10.0. The number of hydrogen-bond acceptors (Lipinski definition) is 4. The van der Waals surface area contributed by atoms with Gasteiger partial charge in [-0.1, -0.05) is 29.8 Å². The third-order valence-corrected chi connectivity index (χ3v) is 8.30. The van der Waals surface area contributed by atoms with Gasteiger partial charge in [0.15, 0.2) is 0 Å². The fraction of sp³-hybridized carbons (Fsp3) is 0.357. The summed E-state index contributed by atoms with van der Waals surface area (Å²) in [6.07, 6.45) is 2.72. The van der Waals surface area contributed by atoms with E-state index in [0.29, 0.717) is 23.7 Å². The molecule has 2 aliphatic rings. The summed E-state index contributed by atoms with van der Waals surface area (Å²) < 4.78 is 6.16. The Hall–Kier alpha value is -2.83. The minimum atomic E-state index is -0.192. The van der Waals surface area contributed by atoms with Crippen LogP contribution in [-0.2, 0) is 11.2 Å². The van der Waals surface area contributed by atoms with Gasteiger partial charge in [0.2, 0.25) is 5.91 Å². The molecule has 2 heterocycles. The second-order valence-electron chi connectivity index (χ2n) is 9.35. The molecule has 2 amide bonds. The minimum Gasteiger partial charge on any atom is -0.491 e. The molecule has 1 fully saturated rings. The Kier molecular flexibility index (Phi) is 6.85. The third kappa shape index (κ3) is 5.09. The molecule has 0 N–H and O–H groups in total. The van der Waals surface area contributed by atoms with Crippen LogP contribution < -0.4 is 4.74 Å². The van der Waals surface area contributed by atoms with Crippen LogP contribution in [0.15, 0.2) is 53.9 Å². The van der Waals surface area contributed by atoms with Gasteiger partial charge in [0.1, 0.15) is 18.9 Å². The number of nitrogens with zero attached hydrogens (tertiary/aromatic N) is 2. The first-order valence-electron chi connectivity index (χ1n) is 12.0. The number of amides is 2. The SMILES string of the molecule is Cc1cc(OC[C@@H]2c3ccsc3CCN2C(=O)CN(C(=O)c2ccccc2C)C2CC2)ccc1Cl. The van der Waals surface area contributed by atoms with Gasteiger partial charge in [-0.05, 0) is 85.5 Å². The van der Waals surface area contributed by atoms with Crippen LogP contribution in [0.3, 0.4) is 0 Å². The fourth-order valence-corrected chi connectivity index (χ4v) is 5.76. The molecule has 2 aromatic carbocycles. The van der Waals surface area contributed by atoms with E-state index >= 15 is 0 Å². The van der Waals surface area contributed by atoms with Gasteiger partial charge in [-0.2, -0.15) is 0 Å². The van der Waals surface area contributed by atoms with E-state index in [1.807, 2.05) is 61.2 Å². The zero-order valence-corrected chi connectivity index (χ0v) is 21.6. The summed E-state index contributed by atoms with van der Waals surface area (Å²) >= 11 is 7.89. The van der Waals surface area contributed by atoms with E-state index in [-0.39, 0.29) is 30.4 Å². The summed E-state index contributed by atoms with van der Waals surface area (Å²) in [7, 11) is 0. The molecular weight excluding hydrogens is 480 g/mol. The van der Waals surface area contributed by atoms with Crippen LogP contribution >= 0.6 is 22.9 Å². The molecule has 35 heavy (non-hydrogen) atoms. The predicted octanol–water partition coefficient (Wildman–Crippen LogP) is 5.83. The Morgan fingerprint density at radius 3 is 2.66 bits per heavy atom. The van der Waals surface area contributed by atoms with Crippen molar-refractivity contribution in [2.24, 2.45) is 0 Å². The van der Waals surface area contributed by atoms with E-state index in [0.717, 1.165) is 41.7 Å². The highest BCUT2D eigenvalue weighted by Crippen LogP contribution is 2.35. The van der Waals surface area contributed by atoms with Gasteiger partial charge in [-0.3, -0.25) is 9.59 Å². The lowest BCUT2D eigenvalue weighted by atomic mass is 10.00. The largest absolute Gasteiger partial charge is 0.491 e. The lowest BCUT2D eigenvalue weighted by Gasteiger charge is -2.37. The molecule has 3 aromatic rings. The van der Waals surface area contributed by atoms with Gasteiger partial charge in [-0.15, -0.1) is 11.3 Å². The van der Waals surface area contributed by atoms with Crippen molar-refractivity contribution in [3.63, 3.8) is 0 Å². The molecule has 0 bridgehead atoms. The molecular formula is C28H29ClN2O3S. The van der Waals surface area contributed by atoms with Crippen LogP contribution in [0.1, 0.15) is 50.8 Å². The smallest absolute Gasteiger partial charge is 0.254 e. The zero-order chi connectivity index (χ0) is 24.5. The van der Waals surface area contributed by atoms with Crippen molar-refractivity contribution in [1.82, 2.24) is 9.80 Å². The van der Waals surface area contributed by atoms with Crippen LogP contribution in [-0.4, -0.2) is 47.4 Å². The van der Waals surface area contributed by atoms with Gasteiger partial charge in [-0.25, -0.2) is 0 Å². The summed E-state index contributed by atoms with van der Waals surface area (Å²) in [6, 6.07) is 15.2. The van der Waals surface area contributed by atoms with E-state index in [1.165, 1.54) is 4.88 Å². The van der Waals surface area contributed by atoms with E-state index in [2.05, 4.69) is 11.4 Å². The fourth-order valence-electron chi connectivity index (χ4n) is 4.71. The first kappa shape index (κ1) is 23.9. The number of fused-ring (bicyclic) bond motifs is 1. The monoisotopic (exact) mass is 508 g/mol. The normalized spacial score (nSPS) is 17.1. The number of halogens is 1. The summed E-state index contributed by atoms with van der Waals surface area (Å²) in [5.74, 6) is 0.643. The molecule has 0 saturated heterocycles. The van der Waals surface area contributed by atoms with E-state index in [1.54, 1.807) is 16.2 Å². The number of carbonyl (C=O) groups excluding carboxylic acids is 2. The average Bonchev–Trinajstić information content (AvgIpc) is 3.58. The highest BCUT2D eigenvalue weighted by molar-refractivity contribution is 7.10. The summed E-state index contributed by atoms with van der Waals surface area (Å²) in [4.78, 5) is 32.0. The number of thiophene rings is 1. The first-order valence-corrected chi connectivity index (χ1v) is 13.3. The Bertz CT molecular complexity index is 1250. The summed E-state index contributed by atoms with van der Waals surface area (Å²) in [5.41, 5.74) is 3.69. The number of benzene rings is 2. The maximum Gasteiger partial charge on any atom is 0.254 e. The molecule has 5 nitrogen and oxygen atoms in total. The topological polar surface area (TPSA) is 49.9 Å². The Balaban J connectivity index is 1.35. The van der Waals surface area contributed by atoms with Crippen molar-refractivity contribution in [3.05, 3.63) is 86.1 Å². The van der Waals surface area contributed by atoms with Gasteiger partial charge < -0.3 is 14.5 Å². The molecule has 0 radical (unpaired) electrons. The molecule has 182 valence electrons. The van der Waals surface area contributed by atoms with Crippen LogP contribution in [0, 0.1) is 13.8 Å². The molecule has 1 saturated carbocycles. The van der Waals surface area contributed by atoms with Gasteiger partial charge in [0, 0.05) is 28.0 Å². The number of rotatable bonds is 7. The van der Waals surface area contributed by atoms with Crippen molar-refractivity contribution < 1.29 is 14.3 Å². The predicted molar refractivity (Wildman–Crippen MR) is 139 cm³/mol. The standard InChI is InChI=1S/C28H29ClN2O3S/c1-18-5-3-4-6-22(18)28(33)31(20-7-8-20)16-27(32)30-13-11-26-23(12-14-35-26)25(30)17-34-21-9-10-24(29)19(2)15-21/h3-6,9-10,12,14-15,20,25H,7-8,11,13,16-17H2,1-2H3/t25-/m1/s1. The van der Waals surface area contributed by atoms with E-state index < -0.39 is 0 Å². The second-order valence-corrected chi connectivity index (χ2v) is 10.8. The molecule has 0 spiro atoms. The van der Waals surface area contributed by atoms with Crippen LogP contribution in [0.2, 0.25) is 5.02 Å². The summed E-state index contributed by atoms with van der Waals surface area (Å²) in [6.45, 7) is 4.95. The Morgan fingerprint density at radius 2 is 1.91 bits per heavy atom. The van der Waals surface area contributed by atoms with Gasteiger partial charge in [0.05, 0.1) is 6.04 Å². The highest BCUT2D eigenvalue weighted by atomic mass is 35.5. The van der Waals surface area contributed by atoms with Crippen molar-refractivity contribution in [2.75, 3.05) is 19.7 Å². The van der Waals surface area contributed by atoms with Crippen molar-refractivity contribution in [3.8, 4) is 5.75 Å². The van der Waals surface area contributed by atoms with Gasteiger partial charge in [0.25, 0.3) is 5.91 Å². The Labute approximate surface area is 215 Å². The first-order chi connectivity index (χ1) is 16.9. The lowest BCUT2D eigenvalue weighted by Crippen LogP contribution is -2.48. The van der Waals surface area contributed by atoms with Crippen molar-refractivity contribution in [1.29, 1.82) is 0 Å². The van der Waals surface area contributed by atoms with Crippen molar-refractivity contribution in [2.45, 2.75) is 45.2 Å². The van der Waals surface area contributed by atoms with E-state index in [9.17, 15) is 9.59 Å². The number of hydrogen-bond donors (Lipinski definition) is 0. The summed E-state index contributed by atoms with van der Waals surface area (Å²) in [5, 5.41) is 2.78. The maximum absolute atomic E-state index is 13.7. The van der Waals surface area contributed by atoms with Gasteiger partial charge >= 0.3 is 0 Å². The number of carbonyl (C=O) groups is 2. The molecule has 5 rings (SSSR count). The quantitative estimate of drug-likeness (QED) is 0.403. The van der Waals surface area contributed by atoms with E-state index in [4.69, 9.17) is 16.3 Å². The van der Waals surface area contributed by atoms with Crippen LogP contribution in [0.25, 0.3) is 0 Å². The molecule has 1 atom stereocenters. The molecule has 1 aliphatic heterocycles. The minimum absolute atomic E-state index is 0.0310. The highest BCUT2D eigenvalue weighted by Gasteiger charge is 2.38.